The second kappa shape index (κ2) is 7.93. The van der Waals surface area contributed by atoms with Gasteiger partial charge in [0.05, 0.1) is 18.8 Å². The molecule has 1 aromatic rings. The molecule has 1 aromatic carbocycles. The van der Waals surface area contributed by atoms with Crippen LogP contribution in [0.5, 0.6) is 0 Å². The summed E-state index contributed by atoms with van der Waals surface area (Å²) in [6.45, 7) is 0.861. The van der Waals surface area contributed by atoms with Crippen LogP contribution in [0.2, 0.25) is 0 Å². The van der Waals surface area contributed by atoms with Crippen molar-refractivity contribution in [2.75, 3.05) is 19.7 Å². The highest BCUT2D eigenvalue weighted by Gasteiger charge is 2.41. The zero-order chi connectivity index (χ0) is 17.1. The summed E-state index contributed by atoms with van der Waals surface area (Å²) in [7, 11) is 0. The molecule has 24 heavy (non-hydrogen) atoms. The Morgan fingerprint density at radius 3 is 2.21 bits per heavy atom. The van der Waals surface area contributed by atoms with Crippen LogP contribution >= 0.6 is 0 Å². The van der Waals surface area contributed by atoms with Gasteiger partial charge in [-0.3, -0.25) is 4.90 Å². The van der Waals surface area contributed by atoms with Gasteiger partial charge in [-0.1, -0.05) is 30.3 Å². The first-order valence-corrected chi connectivity index (χ1v) is 9.04. The lowest BCUT2D eigenvalue weighted by atomic mass is 9.78. The van der Waals surface area contributed by atoms with Gasteiger partial charge in [0.2, 0.25) is 0 Å². The van der Waals surface area contributed by atoms with Crippen molar-refractivity contribution in [3.63, 3.8) is 0 Å². The molecule has 1 heterocycles. The Hall–Kier alpha value is -0.980. The molecule has 0 unspecified atom stereocenters. The summed E-state index contributed by atoms with van der Waals surface area (Å²) < 4.78 is 0. The van der Waals surface area contributed by atoms with Crippen molar-refractivity contribution in [1.82, 2.24) is 4.90 Å². The van der Waals surface area contributed by atoms with Crippen molar-refractivity contribution in [2.24, 2.45) is 5.92 Å². The third kappa shape index (κ3) is 3.81. The molecule has 5 heteroatoms. The number of aliphatic hydroxyl groups is 4. The average Bonchev–Trinajstić information content (AvgIpc) is 2.61. The van der Waals surface area contributed by atoms with E-state index in [9.17, 15) is 20.4 Å². The lowest BCUT2D eigenvalue weighted by Crippen LogP contribution is -2.63. The third-order valence-corrected chi connectivity index (χ3v) is 5.83. The molecule has 2 aliphatic rings. The fourth-order valence-electron chi connectivity index (χ4n) is 4.32. The summed E-state index contributed by atoms with van der Waals surface area (Å²) in [6, 6.07) is 10.1. The zero-order valence-corrected chi connectivity index (χ0v) is 14.0. The molecule has 134 valence electrons. The minimum absolute atomic E-state index is 0.204. The van der Waals surface area contributed by atoms with E-state index in [2.05, 4.69) is 24.3 Å². The van der Waals surface area contributed by atoms with Crippen LogP contribution in [0.1, 0.15) is 37.2 Å². The average molecular weight is 335 g/mol. The van der Waals surface area contributed by atoms with Gasteiger partial charge in [-0.25, -0.2) is 0 Å². The number of piperidine rings is 1. The van der Waals surface area contributed by atoms with E-state index in [1.165, 1.54) is 5.56 Å². The summed E-state index contributed by atoms with van der Waals surface area (Å²) in [5, 5.41) is 39.4. The number of benzene rings is 1. The molecule has 0 aromatic heterocycles. The van der Waals surface area contributed by atoms with E-state index in [1.807, 2.05) is 11.0 Å². The summed E-state index contributed by atoms with van der Waals surface area (Å²) in [5.74, 6) is 1.13. The van der Waals surface area contributed by atoms with E-state index in [1.54, 1.807) is 0 Å². The normalized spacial score (nSPS) is 38.2. The van der Waals surface area contributed by atoms with Crippen LogP contribution in [0.4, 0.5) is 0 Å². The minimum atomic E-state index is -1.17. The van der Waals surface area contributed by atoms with Gasteiger partial charge in [0.1, 0.15) is 12.2 Å². The number of rotatable bonds is 4. The Balaban J connectivity index is 1.55. The largest absolute Gasteiger partial charge is 0.395 e. The first-order chi connectivity index (χ1) is 11.6. The van der Waals surface area contributed by atoms with Gasteiger partial charge in [0.25, 0.3) is 0 Å². The standard InChI is InChI=1S/C19H29NO4/c21-12-16-18(23)19(24)17(22)11-20(16)10-13-6-8-15(9-7-13)14-4-2-1-3-5-14/h1-5,13,15-19,21-24H,6-12H2/t13?,15?,16-,17+,18-,19-/m1/s1. The number of likely N-dealkylation sites (tertiary alicyclic amines) is 1. The molecular weight excluding hydrogens is 306 g/mol. The lowest BCUT2D eigenvalue weighted by Gasteiger charge is -2.45. The van der Waals surface area contributed by atoms with E-state index in [0.717, 1.165) is 32.2 Å². The van der Waals surface area contributed by atoms with Crippen molar-refractivity contribution >= 4 is 0 Å². The van der Waals surface area contributed by atoms with Crippen molar-refractivity contribution in [3.05, 3.63) is 35.9 Å². The summed E-state index contributed by atoms with van der Waals surface area (Å²) in [6.07, 6.45) is 1.31. The lowest BCUT2D eigenvalue weighted by molar-refractivity contribution is -0.148. The van der Waals surface area contributed by atoms with Crippen LogP contribution in [0, 0.1) is 5.92 Å². The minimum Gasteiger partial charge on any atom is -0.395 e. The maximum atomic E-state index is 10.1. The Kier molecular flexibility index (Phi) is 5.89. The molecule has 1 saturated carbocycles. The van der Waals surface area contributed by atoms with E-state index >= 15 is 0 Å². The quantitative estimate of drug-likeness (QED) is 0.652. The molecule has 0 bridgehead atoms. The second-order valence-corrected chi connectivity index (χ2v) is 7.38. The number of hydrogen-bond acceptors (Lipinski definition) is 5. The van der Waals surface area contributed by atoms with Gasteiger partial charge in [0, 0.05) is 13.1 Å². The van der Waals surface area contributed by atoms with Crippen LogP contribution in [0.3, 0.4) is 0 Å². The van der Waals surface area contributed by atoms with Crippen molar-refractivity contribution in [2.45, 2.75) is 56.0 Å². The summed E-state index contributed by atoms with van der Waals surface area (Å²) in [4.78, 5) is 1.95. The predicted octanol–water partition coefficient (Wildman–Crippen LogP) is 0.720. The third-order valence-electron chi connectivity index (χ3n) is 5.83. The van der Waals surface area contributed by atoms with Crippen LogP contribution in [0.15, 0.2) is 30.3 Å². The maximum absolute atomic E-state index is 10.1. The van der Waals surface area contributed by atoms with Crippen LogP contribution in [-0.2, 0) is 0 Å². The van der Waals surface area contributed by atoms with E-state index < -0.39 is 24.4 Å². The summed E-state index contributed by atoms with van der Waals surface area (Å²) in [5.41, 5.74) is 1.41. The topological polar surface area (TPSA) is 84.2 Å². The van der Waals surface area contributed by atoms with Crippen LogP contribution < -0.4 is 0 Å². The van der Waals surface area contributed by atoms with Crippen LogP contribution in [0.25, 0.3) is 0 Å². The first-order valence-electron chi connectivity index (χ1n) is 9.04. The van der Waals surface area contributed by atoms with Gasteiger partial charge < -0.3 is 20.4 Å². The SMILES string of the molecule is OC[C@@H]1[C@@H](O)[C@H](O)[C@@H](O)CN1CC1CCC(c2ccccc2)CC1. The number of hydrogen-bond donors (Lipinski definition) is 4. The molecule has 0 spiro atoms. The smallest absolute Gasteiger partial charge is 0.109 e. The number of nitrogens with zero attached hydrogens (tertiary/aromatic N) is 1. The van der Waals surface area contributed by atoms with E-state index in [-0.39, 0.29) is 6.61 Å². The van der Waals surface area contributed by atoms with Gasteiger partial charge in [-0.15, -0.1) is 0 Å². The highest BCUT2D eigenvalue weighted by molar-refractivity contribution is 5.19. The van der Waals surface area contributed by atoms with E-state index in [0.29, 0.717) is 18.4 Å². The molecule has 2 fully saturated rings. The van der Waals surface area contributed by atoms with Gasteiger partial charge in [-0.05, 0) is 43.1 Å². The number of β-amino-alcohol motifs (C(OH)–C–C–N with tert-alkyl or cyclic N) is 1. The molecule has 0 amide bonds. The van der Waals surface area contributed by atoms with Gasteiger partial charge in [-0.2, -0.15) is 0 Å². The van der Waals surface area contributed by atoms with E-state index in [4.69, 9.17) is 0 Å². The fourth-order valence-corrected chi connectivity index (χ4v) is 4.32. The molecule has 0 radical (unpaired) electrons. The monoisotopic (exact) mass is 335 g/mol. The Labute approximate surface area is 143 Å². The maximum Gasteiger partial charge on any atom is 0.109 e. The molecule has 4 atom stereocenters. The zero-order valence-electron chi connectivity index (χ0n) is 14.0. The highest BCUT2D eigenvalue weighted by atomic mass is 16.4. The molecule has 1 aliphatic carbocycles. The van der Waals surface area contributed by atoms with Crippen molar-refractivity contribution in [3.8, 4) is 0 Å². The summed E-state index contributed by atoms with van der Waals surface area (Å²) >= 11 is 0. The Morgan fingerprint density at radius 2 is 1.58 bits per heavy atom. The molecule has 3 rings (SSSR count). The first kappa shape index (κ1) is 17.8. The van der Waals surface area contributed by atoms with Crippen molar-refractivity contribution < 1.29 is 20.4 Å². The highest BCUT2D eigenvalue weighted by Crippen LogP contribution is 2.36. The Morgan fingerprint density at radius 1 is 0.917 bits per heavy atom. The van der Waals surface area contributed by atoms with Crippen molar-refractivity contribution in [1.29, 1.82) is 0 Å². The molecular formula is C19H29NO4. The molecule has 1 aliphatic heterocycles. The second-order valence-electron chi connectivity index (χ2n) is 7.38. The fraction of sp³-hybridized carbons (Fsp3) is 0.684. The van der Waals surface area contributed by atoms with Gasteiger partial charge in [0.15, 0.2) is 0 Å². The molecule has 5 nitrogen and oxygen atoms in total. The van der Waals surface area contributed by atoms with Crippen LogP contribution in [-0.4, -0.2) is 69.4 Å². The Bertz CT molecular complexity index is 503. The number of aliphatic hydroxyl groups excluding tert-OH is 4. The molecule has 4 N–H and O–H groups in total. The molecule has 1 saturated heterocycles. The van der Waals surface area contributed by atoms with Gasteiger partial charge >= 0.3 is 0 Å². The predicted molar refractivity (Wildman–Crippen MR) is 91.6 cm³/mol.